The maximum Gasteiger partial charge on any atom is 0.175 e. The Morgan fingerprint density at radius 2 is 1.29 bits per heavy atom. The van der Waals surface area contributed by atoms with Crippen molar-refractivity contribution >= 4 is 42.2 Å². The fourth-order valence-corrected chi connectivity index (χ4v) is 6.09. The van der Waals surface area contributed by atoms with Crippen molar-refractivity contribution in [2.75, 3.05) is 12.5 Å². The lowest BCUT2D eigenvalue weighted by molar-refractivity contribution is 0.600. The van der Waals surface area contributed by atoms with Crippen LogP contribution in [0.4, 0.5) is 0 Å². The number of sulfone groups is 2. The lowest BCUT2D eigenvalue weighted by Crippen LogP contribution is -1.98. The highest BCUT2D eigenvalue weighted by atomic mass is 32.2. The predicted octanol–water partition coefficient (Wildman–Crippen LogP) is 7.42. The van der Waals surface area contributed by atoms with Crippen molar-refractivity contribution in [3.05, 3.63) is 126 Å². The average molecular weight is 582 g/mol. The molecule has 0 radical (unpaired) electrons. The Labute approximate surface area is 242 Å². The maximum atomic E-state index is 12.1. The molecule has 0 aliphatic carbocycles. The quantitative estimate of drug-likeness (QED) is 0.187. The van der Waals surface area contributed by atoms with E-state index in [0.29, 0.717) is 5.92 Å². The molecule has 0 atom stereocenters. The molecule has 5 aromatic rings. The van der Waals surface area contributed by atoms with Crippen molar-refractivity contribution < 1.29 is 16.8 Å². The first kappa shape index (κ1) is 28.5. The van der Waals surface area contributed by atoms with Crippen molar-refractivity contribution in [2.45, 2.75) is 29.6 Å². The summed E-state index contributed by atoms with van der Waals surface area (Å²) in [6.07, 6.45) is 6.21. The van der Waals surface area contributed by atoms with E-state index < -0.39 is 19.7 Å². The third-order valence-electron chi connectivity index (χ3n) is 7.09. The van der Waals surface area contributed by atoms with E-state index in [0.717, 1.165) is 44.3 Å². The Morgan fingerprint density at radius 1 is 0.707 bits per heavy atom. The van der Waals surface area contributed by atoms with Crippen molar-refractivity contribution in [3.63, 3.8) is 0 Å². The largest absolute Gasteiger partial charge is 0.256 e. The molecule has 0 bridgehead atoms. The average Bonchev–Trinajstić information content (AvgIpc) is 2.94. The summed E-state index contributed by atoms with van der Waals surface area (Å²) in [6, 6.07) is 30.1. The molecule has 5 nitrogen and oxygen atoms in total. The lowest BCUT2D eigenvalue weighted by atomic mass is 9.92. The molecular weight excluding hydrogens is 551 g/mol. The molecule has 208 valence electrons. The zero-order chi connectivity index (χ0) is 29.4. The van der Waals surface area contributed by atoms with Gasteiger partial charge >= 0.3 is 0 Å². The fourth-order valence-electron chi connectivity index (χ4n) is 4.83. The van der Waals surface area contributed by atoms with Gasteiger partial charge in [0.1, 0.15) is 0 Å². The summed E-state index contributed by atoms with van der Waals surface area (Å²) in [7, 11) is -6.69. The van der Waals surface area contributed by atoms with Gasteiger partial charge in [0, 0.05) is 29.7 Å². The second-order valence-corrected chi connectivity index (χ2v) is 14.6. The summed E-state index contributed by atoms with van der Waals surface area (Å²) in [6.45, 7) is 4.35. The summed E-state index contributed by atoms with van der Waals surface area (Å²) in [4.78, 5) is 5.16. The molecule has 0 saturated heterocycles. The van der Waals surface area contributed by atoms with Gasteiger partial charge in [-0.3, -0.25) is 4.98 Å². The van der Waals surface area contributed by atoms with Crippen LogP contribution in [-0.2, 0) is 19.7 Å². The van der Waals surface area contributed by atoms with E-state index in [1.54, 1.807) is 48.5 Å². The molecule has 0 spiro atoms. The highest BCUT2D eigenvalue weighted by Crippen LogP contribution is 2.34. The summed E-state index contributed by atoms with van der Waals surface area (Å²) < 4.78 is 48.2. The standard InChI is InChI=1S/C34H31NO4S2/c1-23(2)29-21-28-9-6-18-35-34(28)33(22-29)27-8-5-7-24(19-27)20-32(25-10-14-30(15-11-25)40(3,36)37)26-12-16-31(17-13-26)41(4,38)39/h5-23H,1-4H3. The minimum absolute atomic E-state index is 0.236. The molecule has 0 aliphatic rings. The first-order valence-corrected chi connectivity index (χ1v) is 17.0. The number of benzene rings is 4. The highest BCUT2D eigenvalue weighted by molar-refractivity contribution is 7.91. The zero-order valence-electron chi connectivity index (χ0n) is 23.4. The number of pyridine rings is 1. The van der Waals surface area contributed by atoms with Crippen LogP contribution < -0.4 is 0 Å². The van der Waals surface area contributed by atoms with Crippen molar-refractivity contribution in [1.82, 2.24) is 4.98 Å². The normalized spacial score (nSPS) is 12.0. The van der Waals surface area contributed by atoms with Crippen molar-refractivity contribution in [3.8, 4) is 11.1 Å². The molecule has 1 aromatic heterocycles. The van der Waals surface area contributed by atoms with E-state index in [4.69, 9.17) is 0 Å². The molecule has 5 rings (SSSR count). The molecule has 0 N–H and O–H groups in total. The molecule has 0 saturated carbocycles. The third kappa shape index (κ3) is 6.32. The predicted molar refractivity (Wildman–Crippen MR) is 167 cm³/mol. The van der Waals surface area contributed by atoms with E-state index >= 15 is 0 Å². The van der Waals surface area contributed by atoms with Crippen LogP contribution in [0, 0.1) is 0 Å². The van der Waals surface area contributed by atoms with Gasteiger partial charge in [-0.05, 0) is 93.9 Å². The molecule has 0 fully saturated rings. The van der Waals surface area contributed by atoms with Crippen molar-refractivity contribution in [1.29, 1.82) is 0 Å². The van der Waals surface area contributed by atoms with Gasteiger partial charge in [-0.1, -0.05) is 62.4 Å². The van der Waals surface area contributed by atoms with Crippen LogP contribution in [0.5, 0.6) is 0 Å². The molecule has 41 heavy (non-hydrogen) atoms. The van der Waals surface area contributed by atoms with Crippen LogP contribution in [0.2, 0.25) is 0 Å². The smallest absolute Gasteiger partial charge is 0.175 e. The second kappa shape index (κ2) is 11.1. The summed E-state index contributed by atoms with van der Waals surface area (Å²) >= 11 is 0. The molecular formula is C34H31NO4S2. The monoisotopic (exact) mass is 581 g/mol. The van der Waals surface area contributed by atoms with Crippen LogP contribution in [0.3, 0.4) is 0 Å². The van der Waals surface area contributed by atoms with Crippen LogP contribution in [0.1, 0.15) is 42.0 Å². The fraction of sp³-hybridized carbons (Fsp3) is 0.147. The first-order valence-electron chi connectivity index (χ1n) is 13.2. The Balaban J connectivity index is 1.67. The lowest BCUT2D eigenvalue weighted by Gasteiger charge is -2.14. The minimum Gasteiger partial charge on any atom is -0.256 e. The van der Waals surface area contributed by atoms with E-state index in [9.17, 15) is 16.8 Å². The van der Waals surface area contributed by atoms with Gasteiger partial charge in [0.05, 0.1) is 15.3 Å². The minimum atomic E-state index is -3.35. The van der Waals surface area contributed by atoms with Crippen LogP contribution in [-0.4, -0.2) is 34.3 Å². The van der Waals surface area contributed by atoms with E-state index in [1.165, 1.54) is 18.1 Å². The number of hydrogen-bond acceptors (Lipinski definition) is 5. The number of rotatable bonds is 7. The summed E-state index contributed by atoms with van der Waals surface area (Å²) in [5.74, 6) is 0.359. The molecule has 0 amide bonds. The molecule has 7 heteroatoms. The maximum absolute atomic E-state index is 12.1. The van der Waals surface area contributed by atoms with Crippen LogP contribution >= 0.6 is 0 Å². The topological polar surface area (TPSA) is 81.2 Å². The Bertz CT molecular complexity index is 1910. The van der Waals surface area contributed by atoms with Gasteiger partial charge in [0.15, 0.2) is 19.7 Å². The number of hydrogen-bond donors (Lipinski definition) is 0. The Morgan fingerprint density at radius 3 is 1.83 bits per heavy atom. The van der Waals surface area contributed by atoms with Gasteiger partial charge in [-0.25, -0.2) is 16.8 Å². The third-order valence-corrected chi connectivity index (χ3v) is 9.35. The molecule has 4 aromatic carbocycles. The number of nitrogens with zero attached hydrogens (tertiary/aromatic N) is 1. The van der Waals surface area contributed by atoms with Gasteiger partial charge in [0.25, 0.3) is 0 Å². The van der Waals surface area contributed by atoms with Gasteiger partial charge in [0.2, 0.25) is 0 Å². The second-order valence-electron chi connectivity index (χ2n) is 10.6. The van der Waals surface area contributed by atoms with Gasteiger partial charge in [-0.2, -0.15) is 0 Å². The highest BCUT2D eigenvalue weighted by Gasteiger charge is 2.14. The number of fused-ring (bicyclic) bond motifs is 1. The summed E-state index contributed by atoms with van der Waals surface area (Å²) in [5, 5.41) is 1.09. The number of aromatic nitrogens is 1. The van der Waals surface area contributed by atoms with E-state index in [1.807, 2.05) is 30.5 Å². The Hall–Kier alpha value is -4.07. The molecule has 0 unspecified atom stereocenters. The Kier molecular flexibility index (Phi) is 7.68. The molecule has 0 aliphatic heterocycles. The van der Waals surface area contributed by atoms with E-state index in [2.05, 4.69) is 49.2 Å². The molecule has 1 heterocycles. The van der Waals surface area contributed by atoms with Gasteiger partial charge < -0.3 is 0 Å². The van der Waals surface area contributed by atoms with E-state index in [-0.39, 0.29) is 9.79 Å². The van der Waals surface area contributed by atoms with Crippen LogP contribution in [0.25, 0.3) is 33.7 Å². The zero-order valence-corrected chi connectivity index (χ0v) is 25.0. The van der Waals surface area contributed by atoms with Crippen LogP contribution in [0.15, 0.2) is 113 Å². The summed E-state index contributed by atoms with van der Waals surface area (Å²) in [5.41, 5.74) is 7.65. The van der Waals surface area contributed by atoms with Gasteiger partial charge in [-0.15, -0.1) is 0 Å². The first-order chi connectivity index (χ1) is 19.4. The SMILES string of the molecule is CC(C)c1cc(-c2cccc(C=C(c3ccc(S(C)(=O)=O)cc3)c3ccc(S(C)(=O)=O)cc3)c2)c2ncccc2c1. The van der Waals surface area contributed by atoms with Crippen molar-refractivity contribution in [2.24, 2.45) is 0 Å².